The standard InChI is InChI=1S/C14H24N4O7/c15-8(3-5-10(16)19)13(24)18-9(4-6-12(22)23)14(25)17-7-1-2-11(20)21/h8-9H,1-7,15H2,(H2,16,19)(H,17,25)(H,18,24)(H,20,21)(H,22,23)/t8-,9-/m0/s1. The van der Waals surface area contributed by atoms with Gasteiger partial charge in [-0.15, -0.1) is 0 Å². The van der Waals surface area contributed by atoms with Gasteiger partial charge in [0, 0.05) is 25.8 Å². The van der Waals surface area contributed by atoms with Crippen molar-refractivity contribution in [3.05, 3.63) is 0 Å². The van der Waals surface area contributed by atoms with Gasteiger partial charge in [-0.05, 0) is 19.3 Å². The summed E-state index contributed by atoms with van der Waals surface area (Å²) in [6.45, 7) is 0.0678. The minimum atomic E-state index is -1.14. The molecule has 0 fully saturated rings. The number of amides is 3. The van der Waals surface area contributed by atoms with Crippen molar-refractivity contribution in [3.63, 3.8) is 0 Å². The van der Waals surface area contributed by atoms with Gasteiger partial charge in [-0.2, -0.15) is 0 Å². The van der Waals surface area contributed by atoms with E-state index in [1.54, 1.807) is 0 Å². The molecule has 0 aliphatic heterocycles. The topological polar surface area (TPSA) is 202 Å². The molecule has 3 amide bonds. The van der Waals surface area contributed by atoms with Crippen LogP contribution in [0.25, 0.3) is 0 Å². The van der Waals surface area contributed by atoms with Crippen molar-refractivity contribution in [1.29, 1.82) is 0 Å². The molecule has 0 aromatic heterocycles. The summed E-state index contributed by atoms with van der Waals surface area (Å²) in [6.07, 6.45) is -0.565. The zero-order chi connectivity index (χ0) is 19.4. The van der Waals surface area contributed by atoms with Gasteiger partial charge in [0.2, 0.25) is 17.7 Å². The Bertz CT molecular complexity index is 509. The first-order valence-electron chi connectivity index (χ1n) is 7.69. The maximum absolute atomic E-state index is 12.0. The summed E-state index contributed by atoms with van der Waals surface area (Å²) < 4.78 is 0. The van der Waals surface area contributed by atoms with Crippen LogP contribution in [0.2, 0.25) is 0 Å². The SMILES string of the molecule is NC(=O)CC[C@H](N)C(=O)N[C@@H](CCC(=O)O)C(=O)NCCCC(=O)O. The van der Waals surface area contributed by atoms with Gasteiger partial charge in [-0.25, -0.2) is 0 Å². The van der Waals surface area contributed by atoms with Crippen LogP contribution >= 0.6 is 0 Å². The van der Waals surface area contributed by atoms with Crippen LogP contribution in [0.1, 0.15) is 38.5 Å². The summed E-state index contributed by atoms with van der Waals surface area (Å²) in [7, 11) is 0. The number of aliphatic carboxylic acids is 2. The maximum Gasteiger partial charge on any atom is 0.303 e. The van der Waals surface area contributed by atoms with E-state index >= 15 is 0 Å². The van der Waals surface area contributed by atoms with Crippen molar-refractivity contribution in [3.8, 4) is 0 Å². The van der Waals surface area contributed by atoms with E-state index in [9.17, 15) is 24.0 Å². The Labute approximate surface area is 144 Å². The lowest BCUT2D eigenvalue weighted by molar-refractivity contribution is -0.139. The summed E-state index contributed by atoms with van der Waals surface area (Å²) in [5.41, 5.74) is 10.6. The molecule has 2 atom stereocenters. The van der Waals surface area contributed by atoms with Crippen molar-refractivity contribution in [2.24, 2.45) is 11.5 Å². The highest BCUT2D eigenvalue weighted by Crippen LogP contribution is 2.01. The first kappa shape index (κ1) is 22.3. The highest BCUT2D eigenvalue weighted by atomic mass is 16.4. The molecule has 0 aromatic carbocycles. The molecule has 11 heteroatoms. The second-order valence-corrected chi connectivity index (χ2v) is 5.39. The Kier molecular flexibility index (Phi) is 10.5. The van der Waals surface area contributed by atoms with Crippen LogP contribution in [-0.4, -0.2) is 58.5 Å². The quantitative estimate of drug-likeness (QED) is 0.200. The minimum Gasteiger partial charge on any atom is -0.481 e. The van der Waals surface area contributed by atoms with Crippen LogP contribution in [0, 0.1) is 0 Å². The molecule has 0 aliphatic rings. The summed E-state index contributed by atoms with van der Waals surface area (Å²) in [4.78, 5) is 55.8. The predicted molar refractivity (Wildman–Crippen MR) is 85.1 cm³/mol. The molecule has 0 saturated carbocycles. The fourth-order valence-corrected chi connectivity index (χ4v) is 1.82. The molecule has 0 aliphatic carbocycles. The highest BCUT2D eigenvalue weighted by Gasteiger charge is 2.24. The highest BCUT2D eigenvalue weighted by molar-refractivity contribution is 5.90. The van der Waals surface area contributed by atoms with E-state index in [0.717, 1.165) is 0 Å². The van der Waals surface area contributed by atoms with Crippen LogP contribution in [0.5, 0.6) is 0 Å². The number of hydrogen-bond donors (Lipinski definition) is 6. The zero-order valence-electron chi connectivity index (χ0n) is 13.7. The molecule has 8 N–H and O–H groups in total. The fraction of sp³-hybridized carbons (Fsp3) is 0.643. The Morgan fingerprint density at radius 2 is 1.48 bits per heavy atom. The summed E-state index contributed by atoms with van der Waals surface area (Å²) in [5, 5.41) is 22.0. The number of carbonyl (C=O) groups is 5. The zero-order valence-corrected chi connectivity index (χ0v) is 13.7. The molecule has 11 nitrogen and oxygen atoms in total. The molecule has 25 heavy (non-hydrogen) atoms. The van der Waals surface area contributed by atoms with E-state index in [2.05, 4.69) is 10.6 Å². The number of carbonyl (C=O) groups excluding carboxylic acids is 3. The molecule has 0 saturated heterocycles. The van der Waals surface area contributed by atoms with E-state index in [4.69, 9.17) is 21.7 Å². The normalized spacial score (nSPS) is 12.7. The van der Waals surface area contributed by atoms with E-state index in [1.807, 2.05) is 0 Å². The molecule has 0 bridgehead atoms. The van der Waals surface area contributed by atoms with Gasteiger partial charge in [-0.3, -0.25) is 24.0 Å². The largest absolute Gasteiger partial charge is 0.481 e. The van der Waals surface area contributed by atoms with E-state index in [1.165, 1.54) is 0 Å². The van der Waals surface area contributed by atoms with Crippen LogP contribution in [-0.2, 0) is 24.0 Å². The molecule has 0 rings (SSSR count). The lowest BCUT2D eigenvalue weighted by Crippen LogP contribution is -2.52. The van der Waals surface area contributed by atoms with Crippen LogP contribution in [0.4, 0.5) is 0 Å². The lowest BCUT2D eigenvalue weighted by atomic mass is 10.1. The summed E-state index contributed by atoms with van der Waals surface area (Å²) >= 11 is 0. The van der Waals surface area contributed by atoms with Crippen molar-refractivity contribution < 1.29 is 34.2 Å². The average molecular weight is 360 g/mol. The summed E-state index contributed by atoms with van der Waals surface area (Å²) in [6, 6.07) is -2.20. The second kappa shape index (κ2) is 11.8. The first-order valence-corrected chi connectivity index (χ1v) is 7.69. The molecule has 0 heterocycles. The number of primary amides is 1. The molecule has 0 aromatic rings. The van der Waals surface area contributed by atoms with E-state index in [-0.39, 0.29) is 45.1 Å². The van der Waals surface area contributed by atoms with E-state index < -0.39 is 41.7 Å². The first-order chi connectivity index (χ1) is 11.6. The minimum absolute atomic E-state index is 0.00690. The predicted octanol–water partition coefficient (Wildman–Crippen LogP) is -2.09. The molecule has 142 valence electrons. The Balaban J connectivity index is 4.60. The van der Waals surface area contributed by atoms with Crippen LogP contribution < -0.4 is 22.1 Å². The van der Waals surface area contributed by atoms with Crippen molar-refractivity contribution >= 4 is 29.7 Å². The fourth-order valence-electron chi connectivity index (χ4n) is 1.82. The van der Waals surface area contributed by atoms with Crippen LogP contribution in [0.3, 0.4) is 0 Å². The molecule has 0 spiro atoms. The van der Waals surface area contributed by atoms with Crippen molar-refractivity contribution in [2.75, 3.05) is 6.54 Å². The van der Waals surface area contributed by atoms with Gasteiger partial charge < -0.3 is 32.3 Å². The van der Waals surface area contributed by atoms with Gasteiger partial charge >= 0.3 is 11.9 Å². The number of carboxylic acids is 2. The Morgan fingerprint density at radius 1 is 0.880 bits per heavy atom. The number of rotatable bonds is 13. The Hall–Kier alpha value is -2.69. The van der Waals surface area contributed by atoms with Gasteiger partial charge in [0.1, 0.15) is 6.04 Å². The number of hydrogen-bond acceptors (Lipinski definition) is 6. The van der Waals surface area contributed by atoms with Crippen LogP contribution in [0.15, 0.2) is 0 Å². The van der Waals surface area contributed by atoms with Crippen molar-refractivity contribution in [2.45, 2.75) is 50.6 Å². The third-order valence-electron chi connectivity index (χ3n) is 3.19. The lowest BCUT2D eigenvalue weighted by Gasteiger charge is -2.20. The molecular weight excluding hydrogens is 336 g/mol. The average Bonchev–Trinajstić information content (AvgIpc) is 2.52. The third-order valence-corrected chi connectivity index (χ3v) is 3.19. The molecular formula is C14H24N4O7. The van der Waals surface area contributed by atoms with Gasteiger partial charge in [0.25, 0.3) is 0 Å². The number of carboxylic acid groups (broad SMARTS) is 2. The van der Waals surface area contributed by atoms with E-state index in [0.29, 0.717) is 0 Å². The number of nitrogens with two attached hydrogens (primary N) is 2. The van der Waals surface area contributed by atoms with Crippen molar-refractivity contribution in [1.82, 2.24) is 10.6 Å². The number of nitrogens with one attached hydrogen (secondary N) is 2. The molecule has 0 radical (unpaired) electrons. The van der Waals surface area contributed by atoms with Gasteiger partial charge in [0.15, 0.2) is 0 Å². The monoisotopic (exact) mass is 360 g/mol. The smallest absolute Gasteiger partial charge is 0.303 e. The molecule has 0 unspecified atom stereocenters. The maximum atomic E-state index is 12.0. The Morgan fingerprint density at radius 3 is 2.00 bits per heavy atom. The third kappa shape index (κ3) is 11.5. The summed E-state index contributed by atoms with van der Waals surface area (Å²) in [5.74, 6) is -4.12. The van der Waals surface area contributed by atoms with Gasteiger partial charge in [-0.1, -0.05) is 0 Å². The second-order valence-electron chi connectivity index (χ2n) is 5.39. The van der Waals surface area contributed by atoms with Gasteiger partial charge in [0.05, 0.1) is 6.04 Å².